The van der Waals surface area contributed by atoms with Crippen LogP contribution in [0.25, 0.3) is 0 Å². The first-order chi connectivity index (χ1) is 8.60. The topological polar surface area (TPSA) is 48.1 Å². The predicted octanol–water partition coefficient (Wildman–Crippen LogP) is 3.43. The molecule has 0 saturated carbocycles. The van der Waals surface area contributed by atoms with Gasteiger partial charge in [0, 0.05) is 18.7 Å². The summed E-state index contributed by atoms with van der Waals surface area (Å²) in [5, 5.41) is 0.487. The summed E-state index contributed by atoms with van der Waals surface area (Å²) in [4.78, 5) is 4.16. The molecule has 0 atom stereocenters. The van der Waals surface area contributed by atoms with E-state index in [1.165, 1.54) is 12.1 Å². The number of hydrogen-bond acceptors (Lipinski definition) is 3. The van der Waals surface area contributed by atoms with E-state index < -0.39 is 0 Å². The van der Waals surface area contributed by atoms with E-state index in [9.17, 15) is 4.39 Å². The van der Waals surface area contributed by atoms with Crippen LogP contribution in [-0.2, 0) is 6.54 Å². The molecule has 1 aromatic carbocycles. The van der Waals surface area contributed by atoms with E-state index in [0.717, 1.165) is 5.56 Å². The molecule has 0 bridgehead atoms. The fourth-order valence-electron chi connectivity index (χ4n) is 1.46. The number of nitrogens with two attached hydrogens (primary N) is 1. The fraction of sp³-hybridized carbons (Fsp3) is 0.154. The zero-order chi connectivity index (χ0) is 13.1. The third kappa shape index (κ3) is 2.78. The van der Waals surface area contributed by atoms with Crippen LogP contribution in [0.2, 0.25) is 5.02 Å². The molecule has 0 aliphatic rings. The van der Waals surface area contributed by atoms with Crippen molar-refractivity contribution in [1.82, 2.24) is 4.98 Å². The van der Waals surface area contributed by atoms with Crippen molar-refractivity contribution in [3.63, 3.8) is 0 Å². The Hall–Kier alpha value is -1.65. The van der Waals surface area contributed by atoms with Gasteiger partial charge in [0.25, 0.3) is 0 Å². The third-order valence-corrected chi connectivity index (χ3v) is 2.80. The summed E-state index contributed by atoms with van der Waals surface area (Å²) in [5.74, 6) is 0.407. The molecule has 1 heterocycles. The van der Waals surface area contributed by atoms with Gasteiger partial charge in [0.15, 0.2) is 0 Å². The van der Waals surface area contributed by atoms with Crippen molar-refractivity contribution in [3.05, 3.63) is 52.4 Å². The number of hydrogen-bond donors (Lipinski definition) is 1. The lowest BCUT2D eigenvalue weighted by molar-refractivity contribution is 0.452. The van der Waals surface area contributed by atoms with Crippen molar-refractivity contribution in [2.45, 2.75) is 13.5 Å². The Morgan fingerprint density at radius 1 is 1.33 bits per heavy atom. The van der Waals surface area contributed by atoms with Crippen LogP contribution in [-0.4, -0.2) is 4.98 Å². The van der Waals surface area contributed by atoms with Crippen molar-refractivity contribution >= 4 is 11.6 Å². The smallest absolute Gasteiger partial charge is 0.219 e. The highest BCUT2D eigenvalue weighted by Crippen LogP contribution is 2.26. The maximum absolute atomic E-state index is 13.1. The summed E-state index contributed by atoms with van der Waals surface area (Å²) in [5.41, 5.74) is 6.87. The first-order valence-electron chi connectivity index (χ1n) is 5.39. The van der Waals surface area contributed by atoms with E-state index in [0.29, 0.717) is 22.3 Å². The maximum atomic E-state index is 13.1. The van der Waals surface area contributed by atoms with Crippen LogP contribution in [0.5, 0.6) is 11.6 Å². The molecule has 2 rings (SSSR count). The summed E-state index contributed by atoms with van der Waals surface area (Å²) in [7, 11) is 0. The van der Waals surface area contributed by atoms with Crippen molar-refractivity contribution in [2.75, 3.05) is 0 Å². The number of aryl methyl sites for hydroxylation is 1. The Morgan fingerprint density at radius 3 is 2.83 bits per heavy atom. The molecule has 3 nitrogen and oxygen atoms in total. The first kappa shape index (κ1) is 12.8. The number of nitrogens with zero attached hydrogens (tertiary/aromatic N) is 1. The van der Waals surface area contributed by atoms with E-state index in [-0.39, 0.29) is 12.4 Å². The van der Waals surface area contributed by atoms with Crippen LogP contribution < -0.4 is 10.5 Å². The Kier molecular flexibility index (Phi) is 3.79. The normalized spacial score (nSPS) is 10.4. The molecular formula is C13H12ClFN2O. The van der Waals surface area contributed by atoms with E-state index in [2.05, 4.69) is 4.98 Å². The summed E-state index contributed by atoms with van der Waals surface area (Å²) in [6, 6.07) is 7.60. The zero-order valence-corrected chi connectivity index (χ0v) is 10.5. The second kappa shape index (κ2) is 5.33. The van der Waals surface area contributed by atoms with Crippen molar-refractivity contribution in [3.8, 4) is 11.6 Å². The van der Waals surface area contributed by atoms with Crippen LogP contribution in [0.4, 0.5) is 4.39 Å². The zero-order valence-electron chi connectivity index (χ0n) is 9.78. The average molecular weight is 267 g/mol. The van der Waals surface area contributed by atoms with Crippen LogP contribution in [0, 0.1) is 12.7 Å². The largest absolute Gasteiger partial charge is 0.439 e. The Bertz CT molecular complexity index is 575. The van der Waals surface area contributed by atoms with Gasteiger partial charge in [0.05, 0.1) is 10.7 Å². The Labute approximate surface area is 109 Å². The molecule has 94 valence electrons. The molecule has 2 N–H and O–H groups in total. The Balaban J connectivity index is 2.31. The van der Waals surface area contributed by atoms with Crippen molar-refractivity contribution in [1.29, 1.82) is 0 Å². The highest BCUT2D eigenvalue weighted by Gasteiger charge is 2.07. The van der Waals surface area contributed by atoms with Crippen LogP contribution in [0.15, 0.2) is 30.3 Å². The average Bonchev–Trinajstić information content (AvgIpc) is 2.36. The Morgan fingerprint density at radius 2 is 2.11 bits per heavy atom. The number of benzene rings is 1. The van der Waals surface area contributed by atoms with Gasteiger partial charge in [0.2, 0.25) is 5.88 Å². The molecule has 0 aliphatic heterocycles. The van der Waals surface area contributed by atoms with E-state index in [4.69, 9.17) is 22.1 Å². The van der Waals surface area contributed by atoms with E-state index in [1.807, 2.05) is 6.92 Å². The van der Waals surface area contributed by atoms with Gasteiger partial charge in [-0.2, -0.15) is 0 Å². The van der Waals surface area contributed by atoms with Gasteiger partial charge in [-0.1, -0.05) is 17.7 Å². The van der Waals surface area contributed by atoms with Gasteiger partial charge < -0.3 is 10.5 Å². The van der Waals surface area contributed by atoms with Gasteiger partial charge in [-0.05, 0) is 24.6 Å². The summed E-state index contributed by atoms with van der Waals surface area (Å²) >= 11 is 5.90. The lowest BCUT2D eigenvalue weighted by Gasteiger charge is -2.09. The molecule has 0 unspecified atom stereocenters. The maximum Gasteiger partial charge on any atom is 0.219 e. The van der Waals surface area contributed by atoms with Crippen LogP contribution in [0.1, 0.15) is 11.3 Å². The lowest BCUT2D eigenvalue weighted by atomic mass is 10.2. The number of rotatable bonds is 3. The number of pyridine rings is 1. The standard InChI is InChI=1S/C13H12ClFN2O/c1-8-2-3-9(15)6-12(8)18-13-5-4-10(14)11(7-16)17-13/h2-6H,7,16H2,1H3. The van der Waals surface area contributed by atoms with Gasteiger partial charge in [-0.25, -0.2) is 9.37 Å². The molecule has 2 aromatic rings. The monoisotopic (exact) mass is 266 g/mol. The molecule has 0 amide bonds. The predicted molar refractivity (Wildman–Crippen MR) is 68.3 cm³/mol. The summed E-state index contributed by atoms with van der Waals surface area (Å²) < 4.78 is 18.6. The second-order valence-electron chi connectivity index (χ2n) is 3.79. The van der Waals surface area contributed by atoms with E-state index >= 15 is 0 Å². The lowest BCUT2D eigenvalue weighted by Crippen LogP contribution is -2.02. The number of halogens is 2. The molecule has 0 spiro atoms. The summed E-state index contributed by atoms with van der Waals surface area (Å²) in [6.45, 7) is 2.05. The molecule has 1 aromatic heterocycles. The highest BCUT2D eigenvalue weighted by atomic mass is 35.5. The van der Waals surface area contributed by atoms with E-state index in [1.54, 1.807) is 18.2 Å². The van der Waals surface area contributed by atoms with Crippen molar-refractivity contribution < 1.29 is 9.13 Å². The summed E-state index contributed by atoms with van der Waals surface area (Å²) in [6.07, 6.45) is 0. The molecular weight excluding hydrogens is 255 g/mol. The fourth-order valence-corrected chi connectivity index (χ4v) is 1.64. The molecule has 0 fully saturated rings. The first-order valence-corrected chi connectivity index (χ1v) is 5.77. The SMILES string of the molecule is Cc1ccc(F)cc1Oc1ccc(Cl)c(CN)n1. The third-order valence-electron chi connectivity index (χ3n) is 2.45. The second-order valence-corrected chi connectivity index (χ2v) is 4.20. The number of aromatic nitrogens is 1. The van der Waals surface area contributed by atoms with Crippen molar-refractivity contribution in [2.24, 2.45) is 5.73 Å². The van der Waals surface area contributed by atoms with Gasteiger partial charge >= 0.3 is 0 Å². The van der Waals surface area contributed by atoms with Gasteiger partial charge in [-0.3, -0.25) is 0 Å². The number of ether oxygens (including phenoxy) is 1. The quantitative estimate of drug-likeness (QED) is 0.926. The molecule has 5 heteroatoms. The van der Waals surface area contributed by atoms with Crippen LogP contribution >= 0.6 is 11.6 Å². The van der Waals surface area contributed by atoms with Gasteiger partial charge in [-0.15, -0.1) is 0 Å². The minimum atomic E-state index is -0.358. The molecule has 0 aliphatic carbocycles. The minimum absolute atomic E-state index is 0.220. The molecule has 18 heavy (non-hydrogen) atoms. The molecule has 0 radical (unpaired) electrons. The van der Waals surface area contributed by atoms with Gasteiger partial charge in [0.1, 0.15) is 11.6 Å². The van der Waals surface area contributed by atoms with Crippen LogP contribution in [0.3, 0.4) is 0 Å². The molecule has 0 saturated heterocycles. The minimum Gasteiger partial charge on any atom is -0.439 e. The highest BCUT2D eigenvalue weighted by molar-refractivity contribution is 6.31.